The van der Waals surface area contributed by atoms with Crippen molar-refractivity contribution in [3.63, 3.8) is 0 Å². The van der Waals surface area contributed by atoms with Crippen LogP contribution in [0.1, 0.15) is 11.1 Å². The van der Waals surface area contributed by atoms with E-state index in [1.165, 1.54) is 11.3 Å². The van der Waals surface area contributed by atoms with Gasteiger partial charge in [0.2, 0.25) is 0 Å². The molecule has 0 saturated carbocycles. The van der Waals surface area contributed by atoms with Crippen LogP contribution in [-0.2, 0) is 13.1 Å². The highest BCUT2D eigenvalue weighted by molar-refractivity contribution is 6.36. The standard InChI is InChI=1S/C16H16Cl2N2/c17-14-5-3-6-15(18)13(14)11-20-9-8-19-10-12-4-1-2-7-16(12)20/h1-7,19H,8-11H2. The molecule has 2 aromatic rings. The Morgan fingerprint density at radius 3 is 2.55 bits per heavy atom. The van der Waals surface area contributed by atoms with Crippen LogP contribution in [0.5, 0.6) is 0 Å². The monoisotopic (exact) mass is 306 g/mol. The Kier molecular flexibility index (Phi) is 4.16. The zero-order valence-electron chi connectivity index (χ0n) is 11.1. The van der Waals surface area contributed by atoms with Gasteiger partial charge in [0.05, 0.1) is 0 Å². The summed E-state index contributed by atoms with van der Waals surface area (Å²) in [5.41, 5.74) is 3.56. The maximum atomic E-state index is 6.29. The van der Waals surface area contributed by atoms with E-state index >= 15 is 0 Å². The second-order valence-electron chi connectivity index (χ2n) is 4.93. The van der Waals surface area contributed by atoms with Gasteiger partial charge in [-0.2, -0.15) is 0 Å². The van der Waals surface area contributed by atoms with E-state index in [0.29, 0.717) is 0 Å². The van der Waals surface area contributed by atoms with Gasteiger partial charge in [0, 0.05) is 47.5 Å². The lowest BCUT2D eigenvalue weighted by Gasteiger charge is -2.25. The number of anilines is 1. The van der Waals surface area contributed by atoms with Crippen molar-refractivity contribution in [3.8, 4) is 0 Å². The van der Waals surface area contributed by atoms with Crippen molar-refractivity contribution in [2.45, 2.75) is 13.1 Å². The molecule has 0 spiro atoms. The van der Waals surface area contributed by atoms with Gasteiger partial charge in [-0.3, -0.25) is 0 Å². The molecular weight excluding hydrogens is 291 g/mol. The molecule has 104 valence electrons. The SMILES string of the molecule is Clc1cccc(Cl)c1CN1CCNCc2ccccc21. The third-order valence-corrected chi connectivity index (χ3v) is 4.33. The summed E-state index contributed by atoms with van der Waals surface area (Å²) < 4.78 is 0. The zero-order chi connectivity index (χ0) is 13.9. The topological polar surface area (TPSA) is 15.3 Å². The van der Waals surface area contributed by atoms with Crippen molar-refractivity contribution in [2.75, 3.05) is 18.0 Å². The lowest BCUT2D eigenvalue weighted by atomic mass is 10.1. The summed E-state index contributed by atoms with van der Waals surface area (Å²) in [6.07, 6.45) is 0. The molecule has 1 N–H and O–H groups in total. The molecule has 0 radical (unpaired) electrons. The van der Waals surface area contributed by atoms with Crippen LogP contribution in [0.3, 0.4) is 0 Å². The number of hydrogen-bond donors (Lipinski definition) is 1. The number of nitrogens with one attached hydrogen (secondary N) is 1. The van der Waals surface area contributed by atoms with E-state index in [1.807, 2.05) is 18.2 Å². The van der Waals surface area contributed by atoms with Crippen molar-refractivity contribution in [1.82, 2.24) is 5.32 Å². The molecule has 0 atom stereocenters. The Hall–Kier alpha value is -1.22. The lowest BCUT2D eigenvalue weighted by Crippen LogP contribution is -2.28. The first-order chi connectivity index (χ1) is 9.75. The van der Waals surface area contributed by atoms with Crippen LogP contribution >= 0.6 is 23.2 Å². The summed E-state index contributed by atoms with van der Waals surface area (Å²) >= 11 is 12.6. The van der Waals surface area contributed by atoms with Gasteiger partial charge in [0.25, 0.3) is 0 Å². The Balaban J connectivity index is 1.94. The number of hydrogen-bond acceptors (Lipinski definition) is 2. The van der Waals surface area contributed by atoms with Gasteiger partial charge in [0.15, 0.2) is 0 Å². The first-order valence-corrected chi connectivity index (χ1v) is 7.48. The minimum Gasteiger partial charge on any atom is -0.366 e. The highest BCUT2D eigenvalue weighted by atomic mass is 35.5. The summed E-state index contributed by atoms with van der Waals surface area (Å²) in [6.45, 7) is 3.54. The van der Waals surface area contributed by atoms with Gasteiger partial charge in [-0.05, 0) is 23.8 Å². The summed E-state index contributed by atoms with van der Waals surface area (Å²) in [4.78, 5) is 2.34. The molecule has 20 heavy (non-hydrogen) atoms. The van der Waals surface area contributed by atoms with E-state index in [0.717, 1.165) is 41.8 Å². The first-order valence-electron chi connectivity index (χ1n) is 6.72. The van der Waals surface area contributed by atoms with Gasteiger partial charge >= 0.3 is 0 Å². The van der Waals surface area contributed by atoms with Crippen molar-refractivity contribution in [3.05, 3.63) is 63.6 Å². The molecule has 2 aromatic carbocycles. The lowest BCUT2D eigenvalue weighted by molar-refractivity contribution is 0.688. The van der Waals surface area contributed by atoms with Gasteiger partial charge in [-0.25, -0.2) is 0 Å². The molecule has 1 heterocycles. The van der Waals surface area contributed by atoms with Crippen LogP contribution in [-0.4, -0.2) is 13.1 Å². The van der Waals surface area contributed by atoms with E-state index in [9.17, 15) is 0 Å². The van der Waals surface area contributed by atoms with Crippen LogP contribution in [0.25, 0.3) is 0 Å². The minimum atomic E-state index is 0.729. The van der Waals surface area contributed by atoms with Crippen molar-refractivity contribution in [2.24, 2.45) is 0 Å². The van der Waals surface area contributed by atoms with E-state index in [1.54, 1.807) is 0 Å². The van der Waals surface area contributed by atoms with Crippen molar-refractivity contribution < 1.29 is 0 Å². The second kappa shape index (κ2) is 6.04. The molecular formula is C16H16Cl2N2. The van der Waals surface area contributed by atoms with Crippen molar-refractivity contribution >= 4 is 28.9 Å². The number of fused-ring (bicyclic) bond motifs is 1. The molecule has 0 aliphatic carbocycles. The average molecular weight is 307 g/mol. The molecule has 0 unspecified atom stereocenters. The molecule has 0 fully saturated rings. The number of benzene rings is 2. The molecule has 0 saturated heterocycles. The number of halogens is 2. The van der Waals surface area contributed by atoms with E-state index < -0.39 is 0 Å². The van der Waals surface area contributed by atoms with Gasteiger partial charge in [-0.15, -0.1) is 0 Å². The highest BCUT2D eigenvalue weighted by Gasteiger charge is 2.17. The third-order valence-electron chi connectivity index (χ3n) is 3.62. The first kappa shape index (κ1) is 13.7. The molecule has 0 amide bonds. The predicted molar refractivity (Wildman–Crippen MR) is 85.7 cm³/mol. The quantitative estimate of drug-likeness (QED) is 0.898. The highest BCUT2D eigenvalue weighted by Crippen LogP contribution is 2.29. The molecule has 0 aromatic heterocycles. The summed E-state index contributed by atoms with van der Waals surface area (Å²) in [6, 6.07) is 14.1. The second-order valence-corrected chi connectivity index (χ2v) is 5.74. The molecule has 3 rings (SSSR count). The summed E-state index contributed by atoms with van der Waals surface area (Å²) in [5.74, 6) is 0. The maximum Gasteiger partial charge on any atom is 0.0470 e. The summed E-state index contributed by atoms with van der Waals surface area (Å²) in [7, 11) is 0. The largest absolute Gasteiger partial charge is 0.366 e. The van der Waals surface area contributed by atoms with Crippen LogP contribution in [0.2, 0.25) is 10.0 Å². The van der Waals surface area contributed by atoms with E-state index in [4.69, 9.17) is 23.2 Å². The number of nitrogens with zero attached hydrogens (tertiary/aromatic N) is 1. The Morgan fingerprint density at radius 2 is 1.75 bits per heavy atom. The van der Waals surface area contributed by atoms with Crippen molar-refractivity contribution in [1.29, 1.82) is 0 Å². The third kappa shape index (κ3) is 2.78. The smallest absolute Gasteiger partial charge is 0.0470 e. The van der Waals surface area contributed by atoms with E-state index in [-0.39, 0.29) is 0 Å². The van der Waals surface area contributed by atoms with Crippen LogP contribution < -0.4 is 10.2 Å². The summed E-state index contributed by atoms with van der Waals surface area (Å²) in [5, 5.41) is 4.90. The van der Waals surface area contributed by atoms with Crippen LogP contribution in [0.15, 0.2) is 42.5 Å². The average Bonchev–Trinajstić information content (AvgIpc) is 2.66. The van der Waals surface area contributed by atoms with Crippen LogP contribution in [0, 0.1) is 0 Å². The fourth-order valence-corrected chi connectivity index (χ4v) is 3.08. The Morgan fingerprint density at radius 1 is 1.00 bits per heavy atom. The molecule has 0 bridgehead atoms. The fourth-order valence-electron chi connectivity index (χ4n) is 2.56. The van der Waals surface area contributed by atoms with E-state index in [2.05, 4.69) is 34.5 Å². The Bertz CT molecular complexity index is 593. The molecule has 1 aliphatic rings. The number of para-hydroxylation sites is 1. The van der Waals surface area contributed by atoms with Gasteiger partial charge in [0.1, 0.15) is 0 Å². The zero-order valence-corrected chi connectivity index (χ0v) is 12.6. The molecule has 1 aliphatic heterocycles. The van der Waals surface area contributed by atoms with Gasteiger partial charge < -0.3 is 10.2 Å². The fraction of sp³-hybridized carbons (Fsp3) is 0.250. The maximum absolute atomic E-state index is 6.29. The molecule has 2 nitrogen and oxygen atoms in total. The predicted octanol–water partition coefficient (Wildman–Crippen LogP) is 4.10. The number of rotatable bonds is 2. The van der Waals surface area contributed by atoms with Gasteiger partial charge in [-0.1, -0.05) is 47.5 Å². The van der Waals surface area contributed by atoms with Crippen LogP contribution in [0.4, 0.5) is 5.69 Å². The Labute approximate surface area is 129 Å². The normalized spacial score (nSPS) is 14.8. The molecule has 4 heteroatoms. The minimum absolute atomic E-state index is 0.729.